The molecule has 14 heavy (non-hydrogen) atoms. The van der Waals surface area contributed by atoms with Crippen LogP contribution in [0.4, 0.5) is 0 Å². The van der Waals surface area contributed by atoms with Crippen LogP contribution in [-0.4, -0.2) is 10.1 Å². The summed E-state index contributed by atoms with van der Waals surface area (Å²) in [4.78, 5) is 3.90. The second-order valence-corrected chi connectivity index (χ2v) is 3.20. The molecular weight excluding hydrogens is 220 g/mol. The SMILES string of the molecule is N#CNC(=S)NCc1ccc(Cl)nc1. The minimum Gasteiger partial charge on any atom is -0.358 e. The second-order valence-electron chi connectivity index (χ2n) is 2.41. The predicted octanol–water partition coefficient (Wildman–Crippen LogP) is 1.18. The molecule has 0 bridgehead atoms. The Labute approximate surface area is 91.9 Å². The van der Waals surface area contributed by atoms with Crippen molar-refractivity contribution in [3.63, 3.8) is 0 Å². The fraction of sp³-hybridized carbons (Fsp3) is 0.125. The number of nitrogens with one attached hydrogen (secondary N) is 2. The lowest BCUT2D eigenvalue weighted by atomic mass is 10.3. The molecule has 1 aromatic heterocycles. The van der Waals surface area contributed by atoms with Crippen LogP contribution in [0.1, 0.15) is 5.56 Å². The van der Waals surface area contributed by atoms with E-state index in [1.807, 2.05) is 6.07 Å². The number of nitrogens with zero attached hydrogens (tertiary/aromatic N) is 2. The van der Waals surface area contributed by atoms with Gasteiger partial charge in [0.1, 0.15) is 5.15 Å². The van der Waals surface area contributed by atoms with E-state index in [4.69, 9.17) is 29.1 Å². The van der Waals surface area contributed by atoms with Gasteiger partial charge in [0.05, 0.1) is 0 Å². The van der Waals surface area contributed by atoms with Gasteiger partial charge in [0.2, 0.25) is 0 Å². The van der Waals surface area contributed by atoms with Crippen molar-refractivity contribution >= 4 is 28.9 Å². The van der Waals surface area contributed by atoms with Crippen molar-refractivity contribution in [1.29, 1.82) is 5.26 Å². The number of thiocarbonyl (C=S) groups is 1. The average Bonchev–Trinajstić information content (AvgIpc) is 2.17. The van der Waals surface area contributed by atoms with Gasteiger partial charge in [0, 0.05) is 12.7 Å². The first-order valence-corrected chi connectivity index (χ1v) is 4.54. The normalized spacial score (nSPS) is 8.86. The topological polar surface area (TPSA) is 60.7 Å². The molecule has 0 amide bonds. The van der Waals surface area contributed by atoms with Crippen LogP contribution in [0.15, 0.2) is 18.3 Å². The van der Waals surface area contributed by atoms with E-state index in [2.05, 4.69) is 15.6 Å². The fourth-order valence-electron chi connectivity index (χ4n) is 0.788. The predicted molar refractivity (Wildman–Crippen MR) is 57.4 cm³/mol. The van der Waals surface area contributed by atoms with Crippen LogP contribution >= 0.6 is 23.8 Å². The van der Waals surface area contributed by atoms with Crippen molar-refractivity contribution in [2.75, 3.05) is 0 Å². The maximum Gasteiger partial charge on any atom is 0.183 e. The monoisotopic (exact) mass is 226 g/mol. The Morgan fingerprint density at radius 2 is 2.43 bits per heavy atom. The van der Waals surface area contributed by atoms with E-state index in [9.17, 15) is 0 Å². The molecule has 0 aromatic carbocycles. The quantitative estimate of drug-likeness (QED) is 0.343. The molecule has 0 atom stereocenters. The van der Waals surface area contributed by atoms with Crippen LogP contribution in [0.5, 0.6) is 0 Å². The minimum absolute atomic E-state index is 0.294. The summed E-state index contributed by atoms with van der Waals surface area (Å²) in [5, 5.41) is 14.1. The summed E-state index contributed by atoms with van der Waals surface area (Å²) >= 11 is 10.4. The summed E-state index contributed by atoms with van der Waals surface area (Å²) in [5.74, 6) is 0. The highest BCUT2D eigenvalue weighted by Crippen LogP contribution is 2.04. The standard InChI is InChI=1S/C8H7ClN4S/c9-7-2-1-6(3-11-7)4-12-8(14)13-5-10/h1-3H,4H2,(H2,12,13,14). The van der Waals surface area contributed by atoms with Crippen LogP contribution in [0.3, 0.4) is 0 Å². The third kappa shape index (κ3) is 3.56. The number of rotatable bonds is 2. The van der Waals surface area contributed by atoms with Crippen LogP contribution in [0.2, 0.25) is 5.15 Å². The zero-order chi connectivity index (χ0) is 10.4. The number of nitriles is 1. The van der Waals surface area contributed by atoms with E-state index < -0.39 is 0 Å². The molecule has 0 saturated heterocycles. The molecule has 2 N–H and O–H groups in total. The Balaban J connectivity index is 2.43. The van der Waals surface area contributed by atoms with Crippen molar-refractivity contribution in [3.8, 4) is 6.19 Å². The Hall–Kier alpha value is -1.38. The van der Waals surface area contributed by atoms with Gasteiger partial charge < -0.3 is 5.32 Å². The Kier molecular flexibility index (Phi) is 4.11. The van der Waals surface area contributed by atoms with E-state index >= 15 is 0 Å². The largest absolute Gasteiger partial charge is 0.358 e. The lowest BCUT2D eigenvalue weighted by molar-refractivity contribution is 0.895. The lowest BCUT2D eigenvalue weighted by Gasteiger charge is -2.04. The van der Waals surface area contributed by atoms with E-state index in [-0.39, 0.29) is 0 Å². The highest BCUT2D eigenvalue weighted by atomic mass is 35.5. The summed E-state index contributed by atoms with van der Waals surface area (Å²) in [6.07, 6.45) is 3.37. The lowest BCUT2D eigenvalue weighted by Crippen LogP contribution is -2.31. The molecule has 1 rings (SSSR count). The van der Waals surface area contributed by atoms with E-state index in [1.54, 1.807) is 18.5 Å². The van der Waals surface area contributed by atoms with Gasteiger partial charge in [0.15, 0.2) is 11.3 Å². The number of aromatic nitrogens is 1. The molecule has 4 nitrogen and oxygen atoms in total. The first kappa shape index (κ1) is 10.7. The van der Waals surface area contributed by atoms with Crippen molar-refractivity contribution in [2.24, 2.45) is 0 Å². The molecular formula is C8H7ClN4S. The Bertz CT molecular complexity index is 357. The maximum atomic E-state index is 8.25. The van der Waals surface area contributed by atoms with Crippen LogP contribution in [0, 0.1) is 11.5 Å². The third-order valence-corrected chi connectivity index (χ3v) is 1.88. The van der Waals surface area contributed by atoms with Gasteiger partial charge in [-0.15, -0.1) is 0 Å². The summed E-state index contributed by atoms with van der Waals surface area (Å²) in [6.45, 7) is 0.512. The van der Waals surface area contributed by atoms with Crippen molar-refractivity contribution in [3.05, 3.63) is 29.0 Å². The van der Waals surface area contributed by atoms with Crippen LogP contribution < -0.4 is 10.6 Å². The first-order chi connectivity index (χ1) is 6.72. The molecule has 0 aliphatic carbocycles. The molecule has 1 heterocycles. The van der Waals surface area contributed by atoms with Gasteiger partial charge in [-0.25, -0.2) is 4.98 Å². The number of hydrogen-bond acceptors (Lipinski definition) is 3. The fourth-order valence-corrected chi connectivity index (χ4v) is 1.02. The third-order valence-electron chi connectivity index (χ3n) is 1.41. The van der Waals surface area contributed by atoms with Gasteiger partial charge in [-0.3, -0.25) is 5.32 Å². The molecule has 0 aliphatic rings. The van der Waals surface area contributed by atoms with Gasteiger partial charge in [-0.2, -0.15) is 5.26 Å². The van der Waals surface area contributed by atoms with Crippen molar-refractivity contribution in [2.45, 2.75) is 6.54 Å². The number of pyridine rings is 1. The molecule has 1 aromatic rings. The van der Waals surface area contributed by atoms with Gasteiger partial charge >= 0.3 is 0 Å². The average molecular weight is 227 g/mol. The summed E-state index contributed by atoms with van der Waals surface area (Å²) in [6, 6.07) is 3.52. The summed E-state index contributed by atoms with van der Waals surface area (Å²) < 4.78 is 0. The molecule has 0 fully saturated rings. The number of hydrogen-bond donors (Lipinski definition) is 2. The maximum absolute atomic E-state index is 8.25. The molecule has 6 heteroatoms. The molecule has 72 valence electrons. The molecule has 0 saturated carbocycles. The van der Waals surface area contributed by atoms with E-state index in [0.29, 0.717) is 16.8 Å². The zero-order valence-corrected chi connectivity index (χ0v) is 8.69. The van der Waals surface area contributed by atoms with Gasteiger partial charge in [0.25, 0.3) is 0 Å². The first-order valence-electron chi connectivity index (χ1n) is 3.75. The highest BCUT2D eigenvalue weighted by Gasteiger charge is 1.95. The minimum atomic E-state index is 0.294. The van der Waals surface area contributed by atoms with Gasteiger partial charge in [-0.1, -0.05) is 17.7 Å². The Morgan fingerprint density at radius 1 is 1.64 bits per heavy atom. The smallest absolute Gasteiger partial charge is 0.183 e. The zero-order valence-electron chi connectivity index (χ0n) is 7.12. The summed E-state index contributed by atoms with van der Waals surface area (Å²) in [5.41, 5.74) is 0.941. The molecule has 0 aliphatic heterocycles. The molecule has 0 unspecified atom stereocenters. The van der Waals surface area contributed by atoms with Gasteiger partial charge in [-0.05, 0) is 23.8 Å². The van der Waals surface area contributed by atoms with Crippen molar-refractivity contribution < 1.29 is 0 Å². The second kappa shape index (κ2) is 5.37. The number of halogens is 1. The summed E-state index contributed by atoms with van der Waals surface area (Å²) in [7, 11) is 0. The molecule has 0 spiro atoms. The highest BCUT2D eigenvalue weighted by molar-refractivity contribution is 7.80. The molecule has 0 radical (unpaired) electrons. The van der Waals surface area contributed by atoms with Crippen LogP contribution in [-0.2, 0) is 6.54 Å². The van der Waals surface area contributed by atoms with E-state index in [1.165, 1.54) is 0 Å². The van der Waals surface area contributed by atoms with Crippen LogP contribution in [0.25, 0.3) is 0 Å². The van der Waals surface area contributed by atoms with Crippen molar-refractivity contribution in [1.82, 2.24) is 15.6 Å². The van der Waals surface area contributed by atoms with E-state index in [0.717, 1.165) is 5.56 Å². The Morgan fingerprint density at radius 3 is 3.00 bits per heavy atom.